The van der Waals surface area contributed by atoms with E-state index in [9.17, 15) is 0 Å². The van der Waals surface area contributed by atoms with Crippen LogP contribution in [0, 0.1) is 10.8 Å². The lowest BCUT2D eigenvalue weighted by atomic mass is 10.0. The van der Waals surface area contributed by atoms with Gasteiger partial charge in [-0.25, -0.2) is 4.68 Å². The molecule has 20 heavy (non-hydrogen) atoms. The van der Waals surface area contributed by atoms with E-state index in [-0.39, 0.29) is 10.8 Å². The van der Waals surface area contributed by atoms with E-state index in [2.05, 4.69) is 59.2 Å². The average molecular weight is 336 g/mol. The van der Waals surface area contributed by atoms with Gasteiger partial charge in [-0.2, -0.15) is 0 Å². The average Bonchev–Trinajstić information content (AvgIpc) is 2.71. The highest BCUT2D eigenvalue weighted by molar-refractivity contribution is 9.10. The Morgan fingerprint density at radius 3 is 2.40 bits per heavy atom. The topological polar surface area (TPSA) is 69.6 Å². The van der Waals surface area contributed by atoms with Gasteiger partial charge in [-0.15, -0.1) is 5.10 Å². The van der Waals surface area contributed by atoms with Gasteiger partial charge in [-0.1, -0.05) is 27.7 Å². The van der Waals surface area contributed by atoms with E-state index in [1.807, 2.05) is 22.9 Å². The van der Waals surface area contributed by atoms with Crippen LogP contribution in [0.2, 0.25) is 0 Å². The molecular formula is C14H18BrN5. The van der Waals surface area contributed by atoms with Crippen LogP contribution in [0.5, 0.6) is 0 Å². The Balaban J connectivity index is 2.06. The largest absolute Gasteiger partial charge is 0.398 e. The molecule has 0 bridgehead atoms. The van der Waals surface area contributed by atoms with Gasteiger partial charge in [0.1, 0.15) is 0 Å². The highest BCUT2D eigenvalue weighted by atomic mass is 79.9. The molecule has 1 saturated carbocycles. The lowest BCUT2D eigenvalue weighted by molar-refractivity contribution is 0.457. The molecule has 1 heterocycles. The second-order valence-electron chi connectivity index (χ2n) is 6.53. The smallest absolute Gasteiger partial charge is 0.182 e. The van der Waals surface area contributed by atoms with E-state index >= 15 is 0 Å². The van der Waals surface area contributed by atoms with Gasteiger partial charge < -0.3 is 5.73 Å². The van der Waals surface area contributed by atoms with E-state index in [1.54, 1.807) is 0 Å². The third-order valence-electron chi connectivity index (χ3n) is 4.94. The van der Waals surface area contributed by atoms with E-state index in [1.165, 1.54) is 0 Å². The van der Waals surface area contributed by atoms with Crippen molar-refractivity contribution in [3.05, 3.63) is 22.7 Å². The fourth-order valence-electron chi connectivity index (χ4n) is 3.01. The fourth-order valence-corrected chi connectivity index (χ4v) is 3.26. The van der Waals surface area contributed by atoms with Crippen LogP contribution in [0.4, 0.5) is 5.69 Å². The first-order valence-electron chi connectivity index (χ1n) is 6.60. The minimum absolute atomic E-state index is 0.179. The molecule has 1 aliphatic carbocycles. The summed E-state index contributed by atoms with van der Waals surface area (Å²) in [6.45, 7) is 9.00. The van der Waals surface area contributed by atoms with Gasteiger partial charge >= 0.3 is 0 Å². The van der Waals surface area contributed by atoms with Crippen molar-refractivity contribution in [3.8, 4) is 11.4 Å². The monoisotopic (exact) mass is 335 g/mol. The summed E-state index contributed by atoms with van der Waals surface area (Å²) in [5.74, 6) is 0.771. The minimum Gasteiger partial charge on any atom is -0.398 e. The molecular weight excluding hydrogens is 318 g/mol. The van der Waals surface area contributed by atoms with Crippen molar-refractivity contribution in [3.63, 3.8) is 0 Å². The molecule has 106 valence electrons. The van der Waals surface area contributed by atoms with Crippen LogP contribution in [0.15, 0.2) is 22.7 Å². The number of tetrazole rings is 1. The molecule has 0 amide bonds. The van der Waals surface area contributed by atoms with Crippen LogP contribution < -0.4 is 5.73 Å². The second-order valence-corrected chi connectivity index (χ2v) is 7.38. The molecule has 1 fully saturated rings. The van der Waals surface area contributed by atoms with E-state index in [0.29, 0.717) is 11.7 Å². The Morgan fingerprint density at radius 1 is 1.20 bits per heavy atom. The second kappa shape index (κ2) is 4.04. The van der Waals surface area contributed by atoms with E-state index in [0.717, 1.165) is 15.9 Å². The van der Waals surface area contributed by atoms with Crippen molar-refractivity contribution in [2.45, 2.75) is 33.7 Å². The zero-order valence-electron chi connectivity index (χ0n) is 12.1. The predicted molar refractivity (Wildman–Crippen MR) is 82.0 cm³/mol. The summed E-state index contributed by atoms with van der Waals surface area (Å²) in [6.07, 6.45) is 0. The Morgan fingerprint density at radius 2 is 1.85 bits per heavy atom. The molecule has 2 N–H and O–H groups in total. The lowest BCUT2D eigenvalue weighted by Gasteiger charge is -2.07. The summed E-state index contributed by atoms with van der Waals surface area (Å²) >= 11 is 3.41. The number of nitrogens with zero attached hydrogens (tertiary/aromatic N) is 4. The fraction of sp³-hybridized carbons (Fsp3) is 0.500. The first-order valence-corrected chi connectivity index (χ1v) is 7.39. The van der Waals surface area contributed by atoms with Gasteiger partial charge in [0.05, 0.1) is 6.04 Å². The zero-order valence-corrected chi connectivity index (χ0v) is 13.6. The number of anilines is 1. The molecule has 1 aromatic carbocycles. The van der Waals surface area contributed by atoms with Gasteiger partial charge in [-0.05, 0) is 55.4 Å². The SMILES string of the molecule is CC1(C)C(n2nnnc2-c2ccc(Br)c(N)c2)C1(C)C. The highest BCUT2D eigenvalue weighted by Gasteiger charge is 2.67. The summed E-state index contributed by atoms with van der Waals surface area (Å²) in [6, 6.07) is 6.09. The zero-order chi connectivity index (χ0) is 14.7. The lowest BCUT2D eigenvalue weighted by Crippen LogP contribution is -2.06. The Kier molecular flexibility index (Phi) is 2.73. The quantitative estimate of drug-likeness (QED) is 0.855. The van der Waals surface area contributed by atoms with Crippen molar-refractivity contribution >= 4 is 21.6 Å². The number of aromatic nitrogens is 4. The number of hydrogen-bond acceptors (Lipinski definition) is 4. The summed E-state index contributed by atoms with van der Waals surface area (Å²) in [5, 5.41) is 12.2. The number of nitrogen functional groups attached to an aromatic ring is 1. The summed E-state index contributed by atoms with van der Waals surface area (Å²) < 4.78 is 2.82. The Labute approximate surface area is 126 Å². The number of rotatable bonds is 2. The van der Waals surface area contributed by atoms with Crippen LogP contribution in [-0.4, -0.2) is 20.2 Å². The van der Waals surface area contributed by atoms with Gasteiger partial charge in [0.2, 0.25) is 0 Å². The Bertz CT molecular complexity index is 660. The molecule has 1 aliphatic rings. The van der Waals surface area contributed by atoms with Crippen LogP contribution in [0.1, 0.15) is 33.7 Å². The van der Waals surface area contributed by atoms with Gasteiger partial charge in [0, 0.05) is 15.7 Å². The molecule has 0 spiro atoms. The summed E-state index contributed by atoms with van der Waals surface area (Å²) in [7, 11) is 0. The van der Waals surface area contributed by atoms with Gasteiger partial charge in [0.15, 0.2) is 5.82 Å². The number of halogens is 1. The van der Waals surface area contributed by atoms with E-state index in [4.69, 9.17) is 5.73 Å². The first-order chi connectivity index (χ1) is 9.26. The van der Waals surface area contributed by atoms with Crippen LogP contribution in [-0.2, 0) is 0 Å². The molecule has 0 saturated heterocycles. The normalized spacial score (nSPS) is 20.1. The molecule has 3 rings (SSSR count). The molecule has 6 heteroatoms. The summed E-state index contributed by atoms with van der Waals surface area (Å²) in [5.41, 5.74) is 7.93. The maximum Gasteiger partial charge on any atom is 0.182 e. The molecule has 0 radical (unpaired) electrons. The predicted octanol–water partition coefficient (Wildman–Crippen LogP) is 3.29. The standard InChI is InChI=1S/C14H18BrN5/c1-13(2)12(14(13,3)4)20-11(17-18-19-20)8-5-6-9(15)10(16)7-8/h5-7,12H,16H2,1-4H3. The van der Waals surface area contributed by atoms with Crippen molar-refractivity contribution in [1.29, 1.82) is 0 Å². The molecule has 0 atom stereocenters. The highest BCUT2D eigenvalue weighted by Crippen LogP contribution is 2.71. The number of nitrogens with two attached hydrogens (primary N) is 1. The first kappa shape index (κ1) is 13.5. The molecule has 1 aromatic heterocycles. The van der Waals surface area contributed by atoms with E-state index < -0.39 is 0 Å². The molecule has 2 aromatic rings. The van der Waals surface area contributed by atoms with Crippen molar-refractivity contribution < 1.29 is 0 Å². The molecule has 0 aliphatic heterocycles. The van der Waals surface area contributed by atoms with Crippen LogP contribution in [0.25, 0.3) is 11.4 Å². The summed E-state index contributed by atoms with van der Waals surface area (Å²) in [4.78, 5) is 0. The molecule has 5 nitrogen and oxygen atoms in total. The van der Waals surface area contributed by atoms with Gasteiger partial charge in [-0.3, -0.25) is 0 Å². The van der Waals surface area contributed by atoms with Crippen LogP contribution >= 0.6 is 15.9 Å². The van der Waals surface area contributed by atoms with Gasteiger partial charge in [0.25, 0.3) is 0 Å². The third kappa shape index (κ3) is 1.70. The van der Waals surface area contributed by atoms with Crippen molar-refractivity contribution in [2.75, 3.05) is 5.73 Å². The third-order valence-corrected chi connectivity index (χ3v) is 5.66. The number of benzene rings is 1. The van der Waals surface area contributed by atoms with Crippen molar-refractivity contribution in [2.24, 2.45) is 10.8 Å². The number of hydrogen-bond donors (Lipinski definition) is 1. The Hall–Kier alpha value is -1.43. The van der Waals surface area contributed by atoms with Crippen LogP contribution in [0.3, 0.4) is 0 Å². The maximum absolute atomic E-state index is 5.95. The maximum atomic E-state index is 5.95. The molecule has 0 unspecified atom stereocenters. The van der Waals surface area contributed by atoms with Crippen molar-refractivity contribution in [1.82, 2.24) is 20.2 Å². The minimum atomic E-state index is 0.179.